The maximum Gasteiger partial charge on any atom is 0.292 e. The molecule has 0 aromatic heterocycles. The maximum atomic E-state index is 12.6. The summed E-state index contributed by atoms with van der Waals surface area (Å²) in [5, 5.41) is 6.85. The number of primary sulfonamides is 1. The Morgan fingerprint density at radius 3 is 2.46 bits per heavy atom. The Morgan fingerprint density at radius 2 is 1.85 bits per heavy atom. The van der Waals surface area contributed by atoms with Crippen LogP contribution in [-0.4, -0.2) is 26.3 Å². The molecular weight excluding hydrogens is 422 g/mol. The molecule has 1 saturated heterocycles. The lowest BCUT2D eigenvalue weighted by Gasteiger charge is -2.14. The predicted octanol–water partition coefficient (Wildman–Crippen LogP) is 0.492. The summed E-state index contributed by atoms with van der Waals surface area (Å²) in [4.78, 5) is 26.1. The zero-order valence-corrected chi connectivity index (χ0v) is 16.0. The fraction of sp³-hybridized carbons (Fsp3) is 0.176. The monoisotopic (exact) mass is 438 g/mol. The zero-order chi connectivity index (χ0) is 18.9. The molecule has 1 aliphatic heterocycles. The predicted molar refractivity (Wildman–Crippen MR) is 98.5 cm³/mol. The van der Waals surface area contributed by atoms with Gasteiger partial charge in [0, 0.05) is 10.0 Å². The Bertz CT molecular complexity index is 960. The van der Waals surface area contributed by atoms with Crippen molar-refractivity contribution in [2.75, 3.05) is 4.90 Å². The van der Waals surface area contributed by atoms with Gasteiger partial charge in [0.05, 0.1) is 17.0 Å². The molecule has 0 unspecified atom stereocenters. The van der Waals surface area contributed by atoms with Gasteiger partial charge in [-0.2, -0.15) is 0 Å². The van der Waals surface area contributed by atoms with E-state index in [0.29, 0.717) is 12.2 Å². The highest BCUT2D eigenvalue weighted by Crippen LogP contribution is 2.24. The van der Waals surface area contributed by atoms with Crippen molar-refractivity contribution in [3.63, 3.8) is 0 Å². The van der Waals surface area contributed by atoms with Crippen LogP contribution in [0.4, 0.5) is 5.69 Å². The standard InChI is InChI=1S/C17H16BrN3O4S/c18-12-2-1-3-13(8-12)21-16(22)9-15(17(21)23)20-10-11-4-6-14(7-5-11)26(19,24)25/h1-8,15,20H,9-10H2,(H2,19,24,25)/p+1/t15-/m1/s1. The van der Waals surface area contributed by atoms with Gasteiger partial charge in [0.15, 0.2) is 6.04 Å². The summed E-state index contributed by atoms with van der Waals surface area (Å²) >= 11 is 3.34. The summed E-state index contributed by atoms with van der Waals surface area (Å²) in [6, 6.07) is 12.7. The number of quaternary nitrogens is 1. The van der Waals surface area contributed by atoms with Gasteiger partial charge in [-0.1, -0.05) is 34.1 Å². The van der Waals surface area contributed by atoms with Crippen LogP contribution < -0.4 is 15.4 Å². The first-order chi connectivity index (χ1) is 12.3. The van der Waals surface area contributed by atoms with Gasteiger partial charge in [0.1, 0.15) is 6.54 Å². The highest BCUT2D eigenvalue weighted by atomic mass is 79.9. The first-order valence-corrected chi connectivity index (χ1v) is 10.2. The number of imide groups is 1. The number of hydrogen-bond acceptors (Lipinski definition) is 4. The minimum atomic E-state index is -3.73. The Balaban J connectivity index is 1.68. The van der Waals surface area contributed by atoms with Crippen LogP contribution in [0.5, 0.6) is 0 Å². The maximum absolute atomic E-state index is 12.6. The highest BCUT2D eigenvalue weighted by molar-refractivity contribution is 9.10. The van der Waals surface area contributed by atoms with Gasteiger partial charge < -0.3 is 5.32 Å². The van der Waals surface area contributed by atoms with Gasteiger partial charge in [0.25, 0.3) is 5.91 Å². The lowest BCUT2D eigenvalue weighted by molar-refractivity contribution is -0.690. The molecule has 0 saturated carbocycles. The molecule has 26 heavy (non-hydrogen) atoms. The summed E-state index contributed by atoms with van der Waals surface area (Å²) in [5.41, 5.74) is 1.38. The number of sulfonamides is 1. The largest absolute Gasteiger partial charge is 0.332 e. The Hall–Kier alpha value is -2.07. The minimum Gasteiger partial charge on any atom is -0.332 e. The van der Waals surface area contributed by atoms with Crippen LogP contribution in [0.2, 0.25) is 0 Å². The third kappa shape index (κ3) is 4.01. The minimum absolute atomic E-state index is 0.0363. The van der Waals surface area contributed by atoms with Crippen molar-refractivity contribution in [3.8, 4) is 0 Å². The molecule has 9 heteroatoms. The van der Waals surface area contributed by atoms with Crippen molar-refractivity contribution in [2.45, 2.75) is 23.9 Å². The smallest absolute Gasteiger partial charge is 0.292 e. The van der Waals surface area contributed by atoms with E-state index < -0.39 is 16.1 Å². The average Bonchev–Trinajstić information content (AvgIpc) is 2.86. The van der Waals surface area contributed by atoms with E-state index in [2.05, 4.69) is 15.9 Å². The van der Waals surface area contributed by atoms with Crippen LogP contribution in [-0.2, 0) is 26.2 Å². The average molecular weight is 439 g/mol. The van der Waals surface area contributed by atoms with Gasteiger partial charge in [-0.3, -0.25) is 9.59 Å². The number of nitrogens with zero attached hydrogens (tertiary/aromatic N) is 1. The van der Waals surface area contributed by atoms with E-state index in [0.717, 1.165) is 10.0 Å². The number of carbonyl (C=O) groups is 2. The molecule has 0 radical (unpaired) electrons. The fourth-order valence-corrected chi connectivity index (χ4v) is 3.72. The third-order valence-corrected chi connectivity index (χ3v) is 5.56. The van der Waals surface area contributed by atoms with Crippen molar-refractivity contribution in [1.82, 2.24) is 0 Å². The second-order valence-electron chi connectivity index (χ2n) is 5.99. The van der Waals surface area contributed by atoms with Crippen LogP contribution in [0.15, 0.2) is 57.9 Å². The number of benzene rings is 2. The number of halogens is 1. The second-order valence-corrected chi connectivity index (χ2v) is 8.46. The molecule has 2 aromatic carbocycles. The van der Waals surface area contributed by atoms with Gasteiger partial charge >= 0.3 is 0 Å². The van der Waals surface area contributed by atoms with E-state index in [9.17, 15) is 18.0 Å². The zero-order valence-electron chi connectivity index (χ0n) is 13.6. The van der Waals surface area contributed by atoms with Crippen molar-refractivity contribution >= 4 is 43.5 Å². The van der Waals surface area contributed by atoms with E-state index in [1.807, 2.05) is 6.07 Å². The molecule has 0 bridgehead atoms. The number of anilines is 1. The quantitative estimate of drug-likeness (QED) is 0.660. The fourth-order valence-electron chi connectivity index (χ4n) is 2.82. The lowest BCUT2D eigenvalue weighted by Crippen LogP contribution is -2.90. The molecule has 0 spiro atoms. The SMILES string of the molecule is NS(=O)(=O)c1ccc(C[NH2+][C@@H]2CC(=O)N(c3cccc(Br)c3)C2=O)cc1. The van der Waals surface area contributed by atoms with Gasteiger partial charge in [0.2, 0.25) is 15.9 Å². The number of amides is 2. The molecule has 136 valence electrons. The first-order valence-electron chi connectivity index (χ1n) is 7.83. The molecule has 4 N–H and O–H groups in total. The normalized spacial score (nSPS) is 17.8. The summed E-state index contributed by atoms with van der Waals surface area (Å²) < 4.78 is 23.3. The molecule has 1 atom stereocenters. The van der Waals surface area contributed by atoms with Crippen LogP contribution in [0, 0.1) is 0 Å². The van der Waals surface area contributed by atoms with Gasteiger partial charge in [-0.25, -0.2) is 18.5 Å². The van der Waals surface area contributed by atoms with E-state index in [1.165, 1.54) is 17.0 Å². The van der Waals surface area contributed by atoms with Crippen LogP contribution in [0.25, 0.3) is 0 Å². The summed E-state index contributed by atoms with van der Waals surface area (Å²) in [7, 11) is -3.73. The van der Waals surface area contributed by atoms with E-state index in [-0.39, 0.29) is 23.1 Å². The molecular formula is C17H17BrN3O4S+. The van der Waals surface area contributed by atoms with E-state index in [4.69, 9.17) is 5.14 Å². The second kappa shape index (κ2) is 7.28. The van der Waals surface area contributed by atoms with E-state index >= 15 is 0 Å². The van der Waals surface area contributed by atoms with Crippen molar-refractivity contribution in [1.29, 1.82) is 0 Å². The summed E-state index contributed by atoms with van der Waals surface area (Å²) in [6.07, 6.45) is 0.126. The molecule has 3 rings (SSSR count). The Labute approximate surface area is 159 Å². The molecule has 1 heterocycles. The summed E-state index contributed by atoms with van der Waals surface area (Å²) in [5.74, 6) is -0.492. The summed E-state index contributed by atoms with van der Waals surface area (Å²) in [6.45, 7) is 0.445. The number of carbonyl (C=O) groups excluding carboxylic acids is 2. The third-order valence-electron chi connectivity index (χ3n) is 4.14. The van der Waals surface area contributed by atoms with Gasteiger partial charge in [-0.05, 0) is 30.3 Å². The van der Waals surface area contributed by atoms with Crippen LogP contribution in [0.1, 0.15) is 12.0 Å². The number of nitrogens with two attached hydrogens (primary N) is 2. The van der Waals surface area contributed by atoms with E-state index in [1.54, 1.807) is 35.6 Å². The van der Waals surface area contributed by atoms with Gasteiger partial charge in [-0.15, -0.1) is 0 Å². The molecule has 1 aliphatic rings. The van der Waals surface area contributed by atoms with Crippen LogP contribution >= 0.6 is 15.9 Å². The van der Waals surface area contributed by atoms with Crippen molar-refractivity contribution in [3.05, 3.63) is 58.6 Å². The first kappa shape index (κ1) is 18.7. The van der Waals surface area contributed by atoms with Crippen LogP contribution in [0.3, 0.4) is 0 Å². The molecule has 2 aromatic rings. The van der Waals surface area contributed by atoms with Crippen molar-refractivity contribution in [2.24, 2.45) is 5.14 Å². The highest BCUT2D eigenvalue weighted by Gasteiger charge is 2.42. The Morgan fingerprint density at radius 1 is 1.15 bits per heavy atom. The number of rotatable bonds is 5. The topological polar surface area (TPSA) is 114 Å². The molecule has 0 aliphatic carbocycles. The molecule has 1 fully saturated rings. The molecule has 7 nitrogen and oxygen atoms in total. The number of hydrogen-bond donors (Lipinski definition) is 2. The molecule has 2 amide bonds. The Kier molecular flexibility index (Phi) is 5.24. The van der Waals surface area contributed by atoms with Crippen molar-refractivity contribution < 1.29 is 23.3 Å². The lowest BCUT2D eigenvalue weighted by atomic mass is 10.2.